The van der Waals surface area contributed by atoms with E-state index in [4.69, 9.17) is 9.47 Å². The first-order chi connectivity index (χ1) is 11.9. The van der Waals surface area contributed by atoms with E-state index in [2.05, 4.69) is 10.0 Å². The second-order valence-electron chi connectivity index (χ2n) is 5.65. The van der Waals surface area contributed by atoms with E-state index in [1.807, 2.05) is 6.07 Å². The second-order valence-corrected chi connectivity index (χ2v) is 7.33. The van der Waals surface area contributed by atoms with Crippen LogP contribution >= 0.6 is 0 Å². The first-order valence-corrected chi connectivity index (χ1v) is 9.09. The van der Waals surface area contributed by atoms with Gasteiger partial charge in [-0.1, -0.05) is 12.1 Å². The van der Waals surface area contributed by atoms with Crippen molar-refractivity contribution in [2.45, 2.75) is 24.5 Å². The molecular formula is C17H18N2O5S. The molecule has 1 aliphatic rings. The Hall–Kier alpha value is -2.58. The monoisotopic (exact) mass is 362 g/mol. The maximum absolute atomic E-state index is 12.6. The number of amides is 1. The van der Waals surface area contributed by atoms with Gasteiger partial charge in [0.2, 0.25) is 0 Å². The van der Waals surface area contributed by atoms with E-state index in [1.165, 1.54) is 18.2 Å². The first kappa shape index (κ1) is 17.2. The summed E-state index contributed by atoms with van der Waals surface area (Å²) in [5.41, 5.74) is 1.61. The van der Waals surface area contributed by atoms with Crippen molar-refractivity contribution >= 4 is 27.3 Å². The molecule has 0 aliphatic carbocycles. The van der Waals surface area contributed by atoms with Gasteiger partial charge in [-0.15, -0.1) is 0 Å². The fraction of sp³-hybridized carbons (Fsp3) is 0.235. The van der Waals surface area contributed by atoms with Crippen molar-refractivity contribution in [1.82, 2.24) is 0 Å². The van der Waals surface area contributed by atoms with E-state index >= 15 is 0 Å². The Morgan fingerprint density at radius 2 is 2.04 bits per heavy atom. The van der Waals surface area contributed by atoms with Gasteiger partial charge in [-0.3, -0.25) is 9.52 Å². The van der Waals surface area contributed by atoms with Gasteiger partial charge in [0.1, 0.15) is 5.75 Å². The largest absolute Gasteiger partial charge is 0.479 e. The van der Waals surface area contributed by atoms with Gasteiger partial charge in [-0.2, -0.15) is 0 Å². The summed E-state index contributed by atoms with van der Waals surface area (Å²) in [6.45, 7) is 2.01. The first-order valence-electron chi connectivity index (χ1n) is 7.61. The molecule has 0 aromatic heterocycles. The van der Waals surface area contributed by atoms with Crippen LogP contribution in [0.2, 0.25) is 0 Å². The van der Waals surface area contributed by atoms with Crippen molar-refractivity contribution in [3.63, 3.8) is 0 Å². The van der Waals surface area contributed by atoms with Gasteiger partial charge in [0.05, 0.1) is 17.2 Å². The zero-order chi connectivity index (χ0) is 18.0. The Morgan fingerprint density at radius 1 is 1.24 bits per heavy atom. The van der Waals surface area contributed by atoms with Crippen LogP contribution < -0.4 is 14.8 Å². The molecule has 0 radical (unpaired) electrons. The lowest BCUT2D eigenvalue weighted by Gasteiger charge is -2.23. The lowest BCUT2D eigenvalue weighted by molar-refractivity contribution is -0.122. The zero-order valence-corrected chi connectivity index (χ0v) is 14.6. The minimum absolute atomic E-state index is 0.0295. The maximum Gasteiger partial charge on any atom is 0.265 e. The molecule has 0 fully saturated rings. The van der Waals surface area contributed by atoms with Crippen molar-refractivity contribution < 1.29 is 22.7 Å². The molecule has 1 heterocycles. The van der Waals surface area contributed by atoms with Crippen LogP contribution in [0.5, 0.6) is 5.75 Å². The predicted octanol–water partition coefficient (Wildman–Crippen LogP) is 2.35. The highest BCUT2D eigenvalue weighted by atomic mass is 32.2. The molecule has 2 N–H and O–H groups in total. The summed E-state index contributed by atoms with van der Waals surface area (Å²) in [5.74, 6) is 0.121. The molecule has 2 aromatic rings. The molecule has 132 valence electrons. The molecule has 25 heavy (non-hydrogen) atoms. The lowest BCUT2D eigenvalue weighted by atomic mass is 10.2. The van der Waals surface area contributed by atoms with Crippen LogP contribution in [0, 0.1) is 0 Å². The third-order valence-corrected chi connectivity index (χ3v) is 5.06. The van der Waals surface area contributed by atoms with Crippen molar-refractivity contribution in [1.29, 1.82) is 0 Å². The number of hydrogen-bond donors (Lipinski definition) is 2. The third-order valence-electron chi connectivity index (χ3n) is 3.68. The normalized spacial score (nSPS) is 16.6. The Kier molecular flexibility index (Phi) is 4.65. The van der Waals surface area contributed by atoms with Crippen LogP contribution in [0.4, 0.5) is 11.4 Å². The van der Waals surface area contributed by atoms with E-state index in [0.717, 1.165) is 5.56 Å². The maximum atomic E-state index is 12.6. The number of carbonyl (C=O) groups is 1. The summed E-state index contributed by atoms with van der Waals surface area (Å²) in [6.07, 6.45) is -0.614. The number of anilines is 2. The number of nitrogens with one attached hydrogen (secondary N) is 2. The molecule has 0 spiro atoms. The number of ether oxygens (including phenoxy) is 2. The van der Waals surface area contributed by atoms with Crippen LogP contribution in [0.25, 0.3) is 0 Å². The molecule has 8 heteroatoms. The SMILES string of the molecule is COCc1cccc(NS(=O)(=O)c2ccc3c(c2)NC(=O)[C@H](C)O3)c1. The third kappa shape index (κ3) is 3.75. The summed E-state index contributed by atoms with van der Waals surface area (Å²) in [7, 11) is -2.24. The molecule has 2 aromatic carbocycles. The number of benzene rings is 2. The van der Waals surface area contributed by atoms with Crippen LogP contribution in [-0.4, -0.2) is 27.5 Å². The number of carbonyl (C=O) groups excluding carboxylic acids is 1. The number of fused-ring (bicyclic) bond motifs is 1. The minimum atomic E-state index is -3.81. The Morgan fingerprint density at radius 3 is 2.80 bits per heavy atom. The molecule has 0 unspecified atom stereocenters. The quantitative estimate of drug-likeness (QED) is 0.852. The Labute approximate surface area is 146 Å². The fourth-order valence-electron chi connectivity index (χ4n) is 2.46. The van der Waals surface area contributed by atoms with Gasteiger partial charge in [0.25, 0.3) is 15.9 Å². The Bertz CT molecular complexity index is 911. The van der Waals surface area contributed by atoms with Crippen molar-refractivity contribution in [3.8, 4) is 5.75 Å². The van der Waals surface area contributed by atoms with Gasteiger partial charge in [-0.25, -0.2) is 8.42 Å². The van der Waals surface area contributed by atoms with E-state index in [0.29, 0.717) is 23.7 Å². The average Bonchev–Trinajstić information content (AvgIpc) is 2.56. The molecular weight excluding hydrogens is 344 g/mol. The Balaban J connectivity index is 1.87. The van der Waals surface area contributed by atoms with Gasteiger partial charge in [-0.05, 0) is 42.8 Å². The van der Waals surface area contributed by atoms with E-state index < -0.39 is 16.1 Å². The highest BCUT2D eigenvalue weighted by Gasteiger charge is 2.25. The summed E-state index contributed by atoms with van der Waals surface area (Å²) in [6, 6.07) is 11.3. The predicted molar refractivity (Wildman–Crippen MR) is 93.1 cm³/mol. The minimum Gasteiger partial charge on any atom is -0.479 e. The average molecular weight is 362 g/mol. The van der Waals surface area contributed by atoms with Crippen molar-refractivity contribution in [2.24, 2.45) is 0 Å². The van der Waals surface area contributed by atoms with Gasteiger partial charge in [0, 0.05) is 12.8 Å². The smallest absolute Gasteiger partial charge is 0.265 e. The summed E-state index contributed by atoms with van der Waals surface area (Å²) >= 11 is 0. The van der Waals surface area contributed by atoms with Crippen LogP contribution in [0.15, 0.2) is 47.4 Å². The van der Waals surface area contributed by atoms with Gasteiger partial charge in [0.15, 0.2) is 6.10 Å². The molecule has 7 nitrogen and oxygen atoms in total. The standard InChI is InChI=1S/C17H18N2O5S/c1-11-17(20)18-15-9-14(6-7-16(15)24-11)25(21,22)19-13-5-3-4-12(8-13)10-23-2/h3-9,11,19H,10H2,1-2H3,(H,18,20)/t11-/m0/s1. The van der Waals surface area contributed by atoms with Crippen LogP contribution in [-0.2, 0) is 26.2 Å². The molecule has 0 bridgehead atoms. The summed E-state index contributed by atoms with van der Waals surface area (Å²) < 4.78 is 38.2. The molecule has 1 atom stereocenters. The lowest BCUT2D eigenvalue weighted by Crippen LogP contribution is -2.34. The van der Waals surface area contributed by atoms with Crippen molar-refractivity contribution in [3.05, 3.63) is 48.0 Å². The number of hydrogen-bond acceptors (Lipinski definition) is 5. The van der Waals surface area contributed by atoms with Crippen molar-refractivity contribution in [2.75, 3.05) is 17.1 Å². The van der Waals surface area contributed by atoms with Crippen LogP contribution in [0.1, 0.15) is 12.5 Å². The van der Waals surface area contributed by atoms with E-state index in [-0.39, 0.29) is 10.8 Å². The fourth-order valence-corrected chi connectivity index (χ4v) is 3.54. The molecule has 1 aliphatic heterocycles. The zero-order valence-electron chi connectivity index (χ0n) is 13.8. The second kappa shape index (κ2) is 6.73. The molecule has 3 rings (SSSR count). The molecule has 1 amide bonds. The summed E-state index contributed by atoms with van der Waals surface area (Å²) in [4.78, 5) is 11.7. The van der Waals surface area contributed by atoms with E-state index in [1.54, 1.807) is 32.2 Å². The highest BCUT2D eigenvalue weighted by molar-refractivity contribution is 7.92. The van der Waals surface area contributed by atoms with Gasteiger partial charge < -0.3 is 14.8 Å². The van der Waals surface area contributed by atoms with E-state index in [9.17, 15) is 13.2 Å². The van der Waals surface area contributed by atoms with Gasteiger partial charge >= 0.3 is 0 Å². The number of methoxy groups -OCH3 is 1. The highest BCUT2D eigenvalue weighted by Crippen LogP contribution is 2.32. The number of sulfonamides is 1. The number of rotatable bonds is 5. The molecule has 0 saturated carbocycles. The van der Waals surface area contributed by atoms with Crippen LogP contribution in [0.3, 0.4) is 0 Å². The topological polar surface area (TPSA) is 93.7 Å². The molecule has 0 saturated heterocycles. The summed E-state index contributed by atoms with van der Waals surface area (Å²) in [5, 5.41) is 2.64.